The third-order valence-electron chi connectivity index (χ3n) is 4.50. The van der Waals surface area contributed by atoms with E-state index in [0.29, 0.717) is 37.1 Å². The van der Waals surface area contributed by atoms with Crippen molar-refractivity contribution >= 4 is 12.1 Å². The van der Waals surface area contributed by atoms with Crippen molar-refractivity contribution in [3.8, 4) is 0 Å². The van der Waals surface area contributed by atoms with Gasteiger partial charge < -0.3 is 25.4 Å². The van der Waals surface area contributed by atoms with Crippen molar-refractivity contribution in [2.45, 2.75) is 45.1 Å². The van der Waals surface area contributed by atoms with Gasteiger partial charge in [-0.15, -0.1) is 0 Å². The molecule has 1 aliphatic rings. The molecular weight excluding hydrogens is 401 g/mol. The van der Waals surface area contributed by atoms with Gasteiger partial charge in [0.15, 0.2) is 5.96 Å². The van der Waals surface area contributed by atoms with Crippen molar-refractivity contribution < 1.29 is 27.4 Å². The van der Waals surface area contributed by atoms with Gasteiger partial charge in [-0.05, 0) is 36.8 Å². The highest BCUT2D eigenvalue weighted by molar-refractivity contribution is 5.79. The maximum atomic E-state index is 12.1. The predicted octanol–water partition coefficient (Wildman–Crippen LogP) is 2.96. The lowest BCUT2D eigenvalue weighted by molar-refractivity contribution is -0.176. The van der Waals surface area contributed by atoms with Crippen LogP contribution in [0.4, 0.5) is 18.0 Å². The fourth-order valence-corrected chi connectivity index (χ4v) is 2.81. The molecule has 1 aromatic carbocycles. The van der Waals surface area contributed by atoms with E-state index in [-0.39, 0.29) is 12.6 Å². The smallest absolute Gasteiger partial charge is 0.411 e. The lowest BCUT2D eigenvalue weighted by atomic mass is 10.1. The Bertz CT molecular complexity index is 692. The molecule has 0 aromatic heterocycles. The largest absolute Gasteiger partial charge is 0.450 e. The van der Waals surface area contributed by atoms with Crippen molar-refractivity contribution in [3.63, 3.8) is 0 Å². The molecule has 0 heterocycles. The Labute approximate surface area is 174 Å². The standard InChI is InChI=1S/C20H29F3N4O3/c1-3-30-19(28)27-17(16-8-9-16)11-26-18(24-2)25-10-14-4-6-15(7-5-14)12-29-13-20(21,22)23/h4-7,16-17H,3,8-13H2,1-2H3,(H,27,28)(H2,24,25,26). The predicted molar refractivity (Wildman–Crippen MR) is 107 cm³/mol. The molecule has 7 nitrogen and oxygen atoms in total. The number of halogens is 3. The first-order valence-electron chi connectivity index (χ1n) is 9.91. The first-order chi connectivity index (χ1) is 14.3. The Morgan fingerprint density at radius 3 is 2.43 bits per heavy atom. The van der Waals surface area contributed by atoms with Gasteiger partial charge in [-0.3, -0.25) is 4.99 Å². The monoisotopic (exact) mass is 430 g/mol. The van der Waals surface area contributed by atoms with Crippen molar-refractivity contribution in [2.75, 3.05) is 26.8 Å². The van der Waals surface area contributed by atoms with E-state index in [2.05, 4.69) is 25.7 Å². The fourth-order valence-electron chi connectivity index (χ4n) is 2.81. The summed E-state index contributed by atoms with van der Waals surface area (Å²) < 4.78 is 45.9. The van der Waals surface area contributed by atoms with Gasteiger partial charge in [0.25, 0.3) is 0 Å². The van der Waals surface area contributed by atoms with Crippen LogP contribution in [0.15, 0.2) is 29.3 Å². The summed E-state index contributed by atoms with van der Waals surface area (Å²) in [5.74, 6) is 1.02. The second-order valence-corrected chi connectivity index (χ2v) is 7.04. The first kappa shape index (κ1) is 23.8. The number of nitrogens with one attached hydrogen (secondary N) is 3. The number of amides is 1. The van der Waals surface area contributed by atoms with Gasteiger partial charge in [0.1, 0.15) is 6.61 Å². The molecule has 1 saturated carbocycles. The molecular formula is C20H29F3N4O3. The first-order valence-corrected chi connectivity index (χ1v) is 9.91. The number of alkyl halides is 3. The van der Waals surface area contributed by atoms with Crippen LogP contribution >= 0.6 is 0 Å². The summed E-state index contributed by atoms with van der Waals surface area (Å²) in [6, 6.07) is 7.08. The maximum absolute atomic E-state index is 12.1. The van der Waals surface area contributed by atoms with E-state index in [1.165, 1.54) is 0 Å². The molecule has 168 valence electrons. The molecule has 0 aliphatic heterocycles. The Morgan fingerprint density at radius 2 is 1.87 bits per heavy atom. The minimum atomic E-state index is -4.32. The van der Waals surface area contributed by atoms with E-state index in [0.717, 1.165) is 18.4 Å². The summed E-state index contributed by atoms with van der Waals surface area (Å²) in [6.07, 6.45) is -2.59. The molecule has 3 N–H and O–H groups in total. The second kappa shape index (κ2) is 11.6. The van der Waals surface area contributed by atoms with E-state index in [1.807, 2.05) is 12.1 Å². The van der Waals surface area contributed by atoms with Gasteiger partial charge in [0.2, 0.25) is 0 Å². The molecule has 10 heteroatoms. The van der Waals surface area contributed by atoms with Gasteiger partial charge in [0.05, 0.1) is 19.3 Å². The number of ether oxygens (including phenoxy) is 2. The normalized spacial score (nSPS) is 15.4. The van der Waals surface area contributed by atoms with Gasteiger partial charge in [-0.2, -0.15) is 13.2 Å². The van der Waals surface area contributed by atoms with E-state index < -0.39 is 18.9 Å². The zero-order valence-corrected chi connectivity index (χ0v) is 17.2. The number of carbonyl (C=O) groups excluding carboxylic acids is 1. The summed E-state index contributed by atoms with van der Waals surface area (Å²) in [5.41, 5.74) is 1.61. The highest BCUT2D eigenvalue weighted by Crippen LogP contribution is 2.32. The lowest BCUT2D eigenvalue weighted by Gasteiger charge is -2.20. The van der Waals surface area contributed by atoms with Crippen LogP contribution in [0.3, 0.4) is 0 Å². The van der Waals surface area contributed by atoms with Gasteiger partial charge in [-0.1, -0.05) is 24.3 Å². The van der Waals surface area contributed by atoms with Crippen molar-refractivity contribution in [1.82, 2.24) is 16.0 Å². The van der Waals surface area contributed by atoms with Crippen molar-refractivity contribution in [3.05, 3.63) is 35.4 Å². The average molecular weight is 430 g/mol. The fraction of sp³-hybridized carbons (Fsp3) is 0.600. The summed E-state index contributed by atoms with van der Waals surface area (Å²) in [6.45, 7) is 1.75. The molecule has 1 aliphatic carbocycles. The number of alkyl carbamates (subject to hydrolysis) is 1. The number of hydrogen-bond acceptors (Lipinski definition) is 4. The van der Waals surface area contributed by atoms with E-state index in [4.69, 9.17) is 4.74 Å². The van der Waals surface area contributed by atoms with Crippen LogP contribution in [-0.2, 0) is 22.6 Å². The van der Waals surface area contributed by atoms with Gasteiger partial charge >= 0.3 is 12.3 Å². The number of nitrogens with zero attached hydrogens (tertiary/aromatic N) is 1. The molecule has 1 fully saturated rings. The average Bonchev–Trinajstić information content (AvgIpc) is 3.52. The quantitative estimate of drug-likeness (QED) is 0.393. The zero-order valence-electron chi connectivity index (χ0n) is 17.2. The molecule has 0 bridgehead atoms. The number of carbonyl (C=O) groups is 1. The molecule has 1 amide bonds. The molecule has 0 radical (unpaired) electrons. The summed E-state index contributed by atoms with van der Waals surface area (Å²) in [5, 5.41) is 9.26. The van der Waals surface area contributed by atoms with Crippen LogP contribution in [0.2, 0.25) is 0 Å². The molecule has 0 spiro atoms. The maximum Gasteiger partial charge on any atom is 0.411 e. The Morgan fingerprint density at radius 1 is 1.20 bits per heavy atom. The Hall–Kier alpha value is -2.49. The van der Waals surface area contributed by atoms with Crippen molar-refractivity contribution in [2.24, 2.45) is 10.9 Å². The van der Waals surface area contributed by atoms with Crippen molar-refractivity contribution in [1.29, 1.82) is 0 Å². The lowest BCUT2D eigenvalue weighted by Crippen LogP contribution is -2.48. The van der Waals surface area contributed by atoms with Crippen LogP contribution < -0.4 is 16.0 Å². The Balaban J connectivity index is 1.74. The molecule has 1 atom stereocenters. The summed E-state index contributed by atoms with van der Waals surface area (Å²) in [7, 11) is 1.65. The zero-order chi connectivity index (χ0) is 22.0. The molecule has 2 rings (SSSR count). The van der Waals surface area contributed by atoms with Gasteiger partial charge in [0, 0.05) is 20.1 Å². The number of hydrogen-bond donors (Lipinski definition) is 3. The molecule has 30 heavy (non-hydrogen) atoms. The highest BCUT2D eigenvalue weighted by Gasteiger charge is 2.32. The second-order valence-electron chi connectivity index (χ2n) is 7.04. The van der Waals surface area contributed by atoms with Gasteiger partial charge in [-0.25, -0.2) is 4.79 Å². The molecule has 0 saturated heterocycles. The number of aliphatic imine (C=N–C) groups is 1. The van der Waals surface area contributed by atoms with Crippen LogP contribution in [0.1, 0.15) is 30.9 Å². The minimum absolute atomic E-state index is 0.0291. The number of rotatable bonds is 10. The van der Waals surface area contributed by atoms with Crippen LogP contribution in [0, 0.1) is 5.92 Å². The van der Waals surface area contributed by atoms with Crippen LogP contribution in [-0.4, -0.2) is 51.1 Å². The van der Waals surface area contributed by atoms with E-state index in [1.54, 1.807) is 26.1 Å². The summed E-state index contributed by atoms with van der Waals surface area (Å²) >= 11 is 0. The van der Waals surface area contributed by atoms with E-state index in [9.17, 15) is 18.0 Å². The highest BCUT2D eigenvalue weighted by atomic mass is 19.4. The van der Waals surface area contributed by atoms with Crippen LogP contribution in [0.25, 0.3) is 0 Å². The topological polar surface area (TPSA) is 84.0 Å². The SMILES string of the molecule is CCOC(=O)NC(CNC(=NC)NCc1ccc(COCC(F)(F)F)cc1)C1CC1. The number of guanidine groups is 1. The molecule has 1 unspecified atom stereocenters. The third kappa shape index (κ3) is 9.34. The third-order valence-corrected chi connectivity index (χ3v) is 4.50. The minimum Gasteiger partial charge on any atom is -0.450 e. The van der Waals surface area contributed by atoms with E-state index >= 15 is 0 Å². The summed E-state index contributed by atoms with van der Waals surface area (Å²) in [4.78, 5) is 15.9. The molecule has 1 aromatic rings. The van der Waals surface area contributed by atoms with Crippen LogP contribution in [0.5, 0.6) is 0 Å². The number of benzene rings is 1. The Kier molecular flexibility index (Phi) is 9.22.